The van der Waals surface area contributed by atoms with Crippen molar-refractivity contribution in [3.05, 3.63) is 114 Å². The molecule has 0 aliphatic carbocycles. The Morgan fingerprint density at radius 3 is 1.73 bits per heavy atom. The summed E-state index contributed by atoms with van der Waals surface area (Å²) in [6.45, 7) is 1.47. The van der Waals surface area contributed by atoms with Gasteiger partial charge < -0.3 is 0 Å². The molecule has 0 atom stereocenters. The number of phenols is 1. The van der Waals surface area contributed by atoms with E-state index in [-0.39, 0.29) is 23.5 Å². The van der Waals surface area contributed by atoms with Gasteiger partial charge in [0.1, 0.15) is 0 Å². The molecule has 0 unspecified atom stereocenters. The molecule has 0 saturated carbocycles. The minimum absolute atomic E-state index is 0.00414. The number of phenolic OH excluding ortho intramolecular Hbond substituents is 1. The van der Waals surface area contributed by atoms with Crippen LogP contribution in [0.2, 0.25) is 0 Å². The van der Waals surface area contributed by atoms with E-state index in [4.69, 9.17) is 4.74 Å². The standard InChI is InChI=1S/C32H31BrF3O3P/c1-24(37)28-18-19-30(29(31(28)38)20-21-32(34,35)36)39-22-11-23-40(33,25-12-5-2-6-13-25,26-14-7-3-8-15-26)27-16-9-4-10-17-27/h2-10,12-19,38H,11,20-23H2,1H3. The predicted octanol–water partition coefficient (Wildman–Crippen LogP) is 7.70. The van der Waals surface area contributed by atoms with E-state index in [1.54, 1.807) is 0 Å². The van der Waals surface area contributed by atoms with Crippen molar-refractivity contribution >= 4 is 42.5 Å². The Morgan fingerprint density at radius 1 is 0.825 bits per heavy atom. The van der Waals surface area contributed by atoms with Gasteiger partial charge in [0, 0.05) is 0 Å². The average Bonchev–Trinajstić information content (AvgIpc) is 2.95. The molecule has 210 valence electrons. The third-order valence-electron chi connectivity index (χ3n) is 7.14. The van der Waals surface area contributed by atoms with Crippen molar-refractivity contribution in [1.82, 2.24) is 0 Å². The van der Waals surface area contributed by atoms with Gasteiger partial charge in [-0.1, -0.05) is 0 Å². The van der Waals surface area contributed by atoms with Crippen LogP contribution in [0, 0.1) is 0 Å². The Balaban J connectivity index is 1.69. The molecule has 0 spiro atoms. The van der Waals surface area contributed by atoms with Crippen LogP contribution in [0.25, 0.3) is 0 Å². The summed E-state index contributed by atoms with van der Waals surface area (Å²) in [5.41, 5.74) is -0.0253. The molecule has 0 bridgehead atoms. The fourth-order valence-corrected chi connectivity index (χ4v) is 12.8. The van der Waals surface area contributed by atoms with Crippen LogP contribution in [0.1, 0.15) is 35.7 Å². The molecule has 4 aromatic carbocycles. The van der Waals surface area contributed by atoms with E-state index in [1.807, 2.05) is 54.6 Å². The molecule has 0 amide bonds. The van der Waals surface area contributed by atoms with Gasteiger partial charge in [0.2, 0.25) is 0 Å². The number of ketones is 1. The maximum atomic E-state index is 13.0. The van der Waals surface area contributed by atoms with Gasteiger partial charge in [-0.15, -0.1) is 0 Å². The molecule has 4 rings (SSSR count). The summed E-state index contributed by atoms with van der Waals surface area (Å²) in [7, 11) is 0. The summed E-state index contributed by atoms with van der Waals surface area (Å²) in [6, 6.07) is 33.7. The average molecular weight is 631 g/mol. The van der Waals surface area contributed by atoms with Gasteiger partial charge in [-0.05, 0) is 0 Å². The zero-order valence-electron chi connectivity index (χ0n) is 22.1. The quantitative estimate of drug-likeness (QED) is 0.105. The molecule has 0 saturated heterocycles. The fraction of sp³-hybridized carbons (Fsp3) is 0.219. The number of carbonyl (C=O) groups excluding carboxylic acids is 1. The van der Waals surface area contributed by atoms with Gasteiger partial charge >= 0.3 is 241 Å². The van der Waals surface area contributed by atoms with Crippen LogP contribution in [-0.4, -0.2) is 29.8 Å². The summed E-state index contributed by atoms with van der Waals surface area (Å²) in [5, 5.41) is 10.9. The van der Waals surface area contributed by atoms with E-state index in [0.717, 1.165) is 15.9 Å². The van der Waals surface area contributed by atoms with Crippen LogP contribution in [0.4, 0.5) is 13.2 Å². The van der Waals surface area contributed by atoms with Gasteiger partial charge in [-0.25, -0.2) is 0 Å². The fourth-order valence-electron chi connectivity index (χ4n) is 5.14. The molecule has 8 heteroatoms. The number of alkyl halides is 3. The number of Topliss-reactive ketones (excluding diaryl/α,β-unsaturated/α-hetero) is 1. The Hall–Kier alpha value is -3.15. The maximum absolute atomic E-state index is 13.0. The number of rotatable bonds is 11. The van der Waals surface area contributed by atoms with Gasteiger partial charge in [0.15, 0.2) is 0 Å². The molecule has 0 aromatic heterocycles. The van der Waals surface area contributed by atoms with Crippen molar-refractivity contribution in [3.8, 4) is 11.5 Å². The molecule has 0 fully saturated rings. The van der Waals surface area contributed by atoms with Gasteiger partial charge in [0.25, 0.3) is 0 Å². The van der Waals surface area contributed by atoms with Crippen molar-refractivity contribution in [2.45, 2.75) is 32.4 Å². The summed E-state index contributed by atoms with van der Waals surface area (Å²) in [6.07, 6.45) is -4.78. The van der Waals surface area contributed by atoms with Crippen molar-refractivity contribution < 1.29 is 27.8 Å². The monoisotopic (exact) mass is 630 g/mol. The Morgan fingerprint density at radius 2 is 1.30 bits per heavy atom. The van der Waals surface area contributed by atoms with Crippen LogP contribution < -0.4 is 20.7 Å². The number of carbonyl (C=O) groups is 1. The Kier molecular flexibility index (Phi) is 9.06. The number of hydrogen-bond donors (Lipinski definition) is 1. The molecule has 0 aliphatic rings. The summed E-state index contributed by atoms with van der Waals surface area (Å²) in [4.78, 5) is 11.9. The number of ether oxygens (including phenoxy) is 1. The summed E-state index contributed by atoms with van der Waals surface area (Å²) in [5.74, 6) is -0.726. The van der Waals surface area contributed by atoms with Gasteiger partial charge in [-0.2, -0.15) is 0 Å². The zero-order valence-corrected chi connectivity index (χ0v) is 24.6. The first-order valence-electron chi connectivity index (χ1n) is 13.0. The third-order valence-corrected chi connectivity index (χ3v) is 17.2. The van der Waals surface area contributed by atoms with E-state index < -0.39 is 35.9 Å². The molecule has 4 aromatic rings. The Bertz CT molecular complexity index is 1350. The first-order valence-corrected chi connectivity index (χ1v) is 17.4. The zero-order chi connectivity index (χ0) is 28.8. The van der Waals surface area contributed by atoms with E-state index in [0.29, 0.717) is 12.6 Å². The molecule has 40 heavy (non-hydrogen) atoms. The van der Waals surface area contributed by atoms with Crippen LogP contribution in [0.15, 0.2) is 103 Å². The molecule has 0 radical (unpaired) electrons. The molecule has 0 aliphatic heterocycles. The number of halogens is 4. The number of hydrogen-bond acceptors (Lipinski definition) is 3. The second kappa shape index (κ2) is 12.2. The predicted molar refractivity (Wildman–Crippen MR) is 162 cm³/mol. The first-order chi connectivity index (χ1) is 19.0. The van der Waals surface area contributed by atoms with Crippen LogP contribution in [0.5, 0.6) is 11.5 Å². The van der Waals surface area contributed by atoms with Gasteiger partial charge in [0.05, 0.1) is 0 Å². The molecular formula is C32H31BrF3O3P. The normalized spacial score (nSPS) is 12.9. The van der Waals surface area contributed by atoms with Crippen LogP contribution in [-0.2, 0) is 6.42 Å². The van der Waals surface area contributed by atoms with Crippen molar-refractivity contribution in [2.24, 2.45) is 0 Å². The molecular weight excluding hydrogens is 600 g/mol. The SMILES string of the molecule is CC(=O)c1ccc(OCCCP(Br)(c2ccccc2)(c2ccccc2)c2ccccc2)c(CCC(F)(F)F)c1O. The Labute approximate surface area is 240 Å². The van der Waals surface area contributed by atoms with E-state index in [9.17, 15) is 23.1 Å². The van der Waals surface area contributed by atoms with Crippen molar-refractivity contribution in [3.63, 3.8) is 0 Å². The topological polar surface area (TPSA) is 46.5 Å². The molecule has 3 nitrogen and oxygen atoms in total. The van der Waals surface area contributed by atoms with Crippen molar-refractivity contribution in [1.29, 1.82) is 0 Å². The summed E-state index contributed by atoms with van der Waals surface area (Å²) < 4.78 is 45.1. The van der Waals surface area contributed by atoms with Crippen molar-refractivity contribution in [2.75, 3.05) is 12.8 Å². The van der Waals surface area contributed by atoms with Crippen LogP contribution >= 0.6 is 20.8 Å². The number of aromatic hydroxyl groups is 1. The van der Waals surface area contributed by atoms with Crippen LogP contribution in [0.3, 0.4) is 0 Å². The van der Waals surface area contributed by atoms with E-state index in [2.05, 4.69) is 51.9 Å². The molecule has 1 N–H and O–H groups in total. The summed E-state index contributed by atoms with van der Waals surface area (Å²) >= 11 is 4.37. The van der Waals surface area contributed by atoms with Gasteiger partial charge in [-0.3, -0.25) is 0 Å². The number of benzene rings is 4. The second-order valence-electron chi connectivity index (χ2n) is 9.72. The van der Waals surface area contributed by atoms with E-state index in [1.165, 1.54) is 19.1 Å². The second-order valence-corrected chi connectivity index (χ2v) is 18.8. The third kappa shape index (κ3) is 6.11. The minimum atomic E-state index is -4.41. The molecule has 0 heterocycles. The first kappa shape index (κ1) is 29.8. The van der Waals surface area contributed by atoms with E-state index >= 15 is 0 Å².